The molecule has 2 aliphatic rings. The molecule has 1 saturated carbocycles. The van der Waals surface area contributed by atoms with Crippen molar-refractivity contribution in [3.8, 4) is 11.8 Å². The molecule has 90 valence electrons. The van der Waals surface area contributed by atoms with E-state index in [0.29, 0.717) is 17.9 Å². The first-order valence-electron chi connectivity index (χ1n) is 6.11. The van der Waals surface area contributed by atoms with Crippen molar-refractivity contribution in [3.63, 3.8) is 0 Å². The van der Waals surface area contributed by atoms with E-state index in [2.05, 4.69) is 11.8 Å². The molecule has 1 heterocycles. The van der Waals surface area contributed by atoms with E-state index in [0.717, 1.165) is 32.5 Å². The van der Waals surface area contributed by atoms with E-state index in [1.54, 1.807) is 0 Å². The van der Waals surface area contributed by atoms with Crippen LogP contribution in [-0.2, 0) is 9.47 Å². The molecule has 0 amide bonds. The highest BCUT2D eigenvalue weighted by molar-refractivity contribution is 5.10. The minimum Gasteiger partial charge on any atom is -0.396 e. The normalized spacial score (nSPS) is 31.6. The van der Waals surface area contributed by atoms with E-state index in [1.165, 1.54) is 0 Å². The summed E-state index contributed by atoms with van der Waals surface area (Å²) in [5, 5.41) is 9.08. The Balaban J connectivity index is 1.84. The maximum Gasteiger partial charge on any atom is 0.121 e. The van der Waals surface area contributed by atoms with Crippen molar-refractivity contribution in [3.05, 3.63) is 0 Å². The average molecular weight is 224 g/mol. The Hall–Kier alpha value is -0.560. The molecule has 3 atom stereocenters. The van der Waals surface area contributed by atoms with Gasteiger partial charge in [-0.05, 0) is 32.1 Å². The molecule has 3 nitrogen and oxygen atoms in total. The third kappa shape index (κ3) is 2.98. The van der Waals surface area contributed by atoms with Crippen molar-refractivity contribution in [1.82, 2.24) is 0 Å². The number of hydrogen-bond acceptors (Lipinski definition) is 3. The summed E-state index contributed by atoms with van der Waals surface area (Å²) in [6.07, 6.45) is 3.31. The minimum atomic E-state index is 0.0187. The van der Waals surface area contributed by atoms with Crippen LogP contribution in [0.5, 0.6) is 0 Å². The van der Waals surface area contributed by atoms with E-state index >= 15 is 0 Å². The molecule has 3 heteroatoms. The molecule has 1 aliphatic carbocycles. The van der Waals surface area contributed by atoms with Gasteiger partial charge in [0.25, 0.3) is 0 Å². The smallest absolute Gasteiger partial charge is 0.121 e. The van der Waals surface area contributed by atoms with Gasteiger partial charge in [0, 0.05) is 25.7 Å². The third-order valence-corrected chi connectivity index (χ3v) is 3.39. The molecule has 0 spiro atoms. The molecule has 0 aromatic heterocycles. The van der Waals surface area contributed by atoms with Crippen LogP contribution in [-0.4, -0.2) is 37.1 Å². The fraction of sp³-hybridized carbons (Fsp3) is 0.846. The molecule has 0 aromatic carbocycles. The summed E-state index contributed by atoms with van der Waals surface area (Å²) < 4.78 is 11.3. The first-order valence-corrected chi connectivity index (χ1v) is 6.11. The van der Waals surface area contributed by atoms with Gasteiger partial charge in [-0.25, -0.2) is 0 Å². The lowest BCUT2D eigenvalue weighted by molar-refractivity contribution is -0.0580. The van der Waals surface area contributed by atoms with E-state index in [4.69, 9.17) is 14.6 Å². The summed E-state index contributed by atoms with van der Waals surface area (Å²) in [7, 11) is 0. The lowest BCUT2D eigenvalue weighted by Gasteiger charge is -2.25. The lowest BCUT2D eigenvalue weighted by Crippen LogP contribution is -2.29. The molecule has 1 aliphatic heterocycles. The van der Waals surface area contributed by atoms with Gasteiger partial charge in [-0.2, -0.15) is 0 Å². The topological polar surface area (TPSA) is 38.7 Å². The van der Waals surface area contributed by atoms with E-state index in [1.807, 2.05) is 6.92 Å². The minimum absolute atomic E-state index is 0.0187. The standard InChI is InChI=1S/C13H20O3/c1-2-3-13(12-8-10(12)9-14)16-11-4-6-15-7-5-11/h10-14H,4-9H2,1H3. The SMILES string of the molecule is CC#CC(OC1CCOCC1)C1CC1CO. The summed E-state index contributed by atoms with van der Waals surface area (Å²) in [4.78, 5) is 0. The molecule has 0 radical (unpaired) electrons. The van der Waals surface area contributed by atoms with Crippen LogP contribution >= 0.6 is 0 Å². The second kappa shape index (κ2) is 5.67. The van der Waals surface area contributed by atoms with Crippen molar-refractivity contribution >= 4 is 0 Å². The van der Waals surface area contributed by atoms with Crippen LogP contribution in [0.25, 0.3) is 0 Å². The number of aliphatic hydroxyl groups excluding tert-OH is 1. The fourth-order valence-electron chi connectivity index (χ4n) is 2.26. The van der Waals surface area contributed by atoms with E-state index in [-0.39, 0.29) is 12.7 Å². The van der Waals surface area contributed by atoms with Crippen LogP contribution in [0.4, 0.5) is 0 Å². The van der Waals surface area contributed by atoms with Gasteiger partial charge in [0.15, 0.2) is 0 Å². The van der Waals surface area contributed by atoms with E-state index in [9.17, 15) is 0 Å². The summed E-state index contributed by atoms with van der Waals surface area (Å²) in [5.74, 6) is 6.92. The van der Waals surface area contributed by atoms with Gasteiger partial charge >= 0.3 is 0 Å². The maximum absolute atomic E-state index is 9.08. The summed E-state index contributed by atoms with van der Waals surface area (Å²) in [6, 6.07) is 0. The molecule has 1 saturated heterocycles. The zero-order chi connectivity index (χ0) is 11.4. The summed E-state index contributed by atoms with van der Waals surface area (Å²) >= 11 is 0. The monoisotopic (exact) mass is 224 g/mol. The van der Waals surface area contributed by atoms with Crippen LogP contribution in [0, 0.1) is 23.7 Å². The number of aliphatic hydroxyl groups is 1. The Morgan fingerprint density at radius 1 is 1.44 bits per heavy atom. The van der Waals surface area contributed by atoms with Gasteiger partial charge in [0.1, 0.15) is 6.10 Å². The van der Waals surface area contributed by atoms with Crippen molar-refractivity contribution < 1.29 is 14.6 Å². The number of ether oxygens (including phenoxy) is 2. The predicted octanol–water partition coefficient (Wildman–Crippen LogP) is 1.20. The summed E-state index contributed by atoms with van der Waals surface area (Å²) in [5.41, 5.74) is 0. The Kier molecular flexibility index (Phi) is 4.22. The number of rotatable bonds is 4. The molecule has 16 heavy (non-hydrogen) atoms. The molecule has 1 N–H and O–H groups in total. The zero-order valence-electron chi connectivity index (χ0n) is 9.82. The third-order valence-electron chi connectivity index (χ3n) is 3.39. The van der Waals surface area contributed by atoms with Crippen LogP contribution in [0.3, 0.4) is 0 Å². The van der Waals surface area contributed by atoms with Gasteiger partial charge in [0.2, 0.25) is 0 Å². The molecular formula is C13H20O3. The zero-order valence-corrected chi connectivity index (χ0v) is 9.82. The van der Waals surface area contributed by atoms with Crippen molar-refractivity contribution in [2.24, 2.45) is 11.8 Å². The molecule has 2 rings (SSSR count). The second-order valence-electron chi connectivity index (χ2n) is 4.60. The molecule has 0 aromatic rings. The highest BCUT2D eigenvalue weighted by atomic mass is 16.5. The molecule has 2 fully saturated rings. The second-order valence-corrected chi connectivity index (χ2v) is 4.60. The fourth-order valence-corrected chi connectivity index (χ4v) is 2.26. The van der Waals surface area contributed by atoms with Gasteiger partial charge < -0.3 is 14.6 Å². The highest BCUT2D eigenvalue weighted by Crippen LogP contribution is 2.42. The van der Waals surface area contributed by atoms with Crippen molar-refractivity contribution in [1.29, 1.82) is 0 Å². The predicted molar refractivity (Wildman–Crippen MR) is 60.8 cm³/mol. The molecule has 3 unspecified atom stereocenters. The van der Waals surface area contributed by atoms with Crippen molar-refractivity contribution in [2.45, 2.75) is 38.4 Å². The largest absolute Gasteiger partial charge is 0.396 e. The number of hydrogen-bond donors (Lipinski definition) is 1. The van der Waals surface area contributed by atoms with Crippen LogP contribution in [0.2, 0.25) is 0 Å². The van der Waals surface area contributed by atoms with Gasteiger partial charge in [-0.15, -0.1) is 5.92 Å². The van der Waals surface area contributed by atoms with Crippen LogP contribution < -0.4 is 0 Å². The Labute approximate surface area is 97.1 Å². The maximum atomic E-state index is 9.08. The quantitative estimate of drug-likeness (QED) is 0.729. The van der Waals surface area contributed by atoms with Crippen LogP contribution in [0.1, 0.15) is 26.2 Å². The van der Waals surface area contributed by atoms with Gasteiger partial charge in [-0.3, -0.25) is 0 Å². The van der Waals surface area contributed by atoms with Crippen molar-refractivity contribution in [2.75, 3.05) is 19.8 Å². The molecule has 0 bridgehead atoms. The average Bonchev–Trinajstić information content (AvgIpc) is 3.09. The highest BCUT2D eigenvalue weighted by Gasteiger charge is 2.43. The van der Waals surface area contributed by atoms with E-state index < -0.39 is 0 Å². The lowest BCUT2D eigenvalue weighted by atomic mass is 10.1. The summed E-state index contributed by atoms with van der Waals surface area (Å²) in [6.45, 7) is 3.70. The van der Waals surface area contributed by atoms with Crippen LogP contribution in [0.15, 0.2) is 0 Å². The van der Waals surface area contributed by atoms with Gasteiger partial charge in [-0.1, -0.05) is 5.92 Å². The first-order chi connectivity index (χ1) is 7.85. The molecular weight excluding hydrogens is 204 g/mol. The Bertz CT molecular complexity index is 273. The van der Waals surface area contributed by atoms with Gasteiger partial charge in [0.05, 0.1) is 6.10 Å². The Morgan fingerprint density at radius 2 is 2.19 bits per heavy atom. The Morgan fingerprint density at radius 3 is 2.75 bits per heavy atom. The first kappa shape index (κ1) is 11.9.